The largest absolute Gasteiger partial charge is 0.481 e. The van der Waals surface area contributed by atoms with E-state index in [1.54, 1.807) is 0 Å². The average Bonchev–Trinajstić information content (AvgIpc) is 2.30. The second-order valence-corrected chi connectivity index (χ2v) is 3.59. The van der Waals surface area contributed by atoms with Gasteiger partial charge in [0, 0.05) is 5.69 Å². The van der Waals surface area contributed by atoms with E-state index in [1.807, 2.05) is 5.32 Å². The van der Waals surface area contributed by atoms with E-state index in [9.17, 15) is 18.8 Å². The summed E-state index contributed by atoms with van der Waals surface area (Å²) in [6.45, 7) is 0. The van der Waals surface area contributed by atoms with Gasteiger partial charge in [-0.1, -0.05) is 0 Å². The molecular formula is C11H11FN2O5. The predicted octanol–water partition coefficient (Wildman–Crippen LogP) is 0.875. The van der Waals surface area contributed by atoms with E-state index < -0.39 is 36.2 Å². The molecule has 0 fully saturated rings. The first kappa shape index (κ1) is 14.4. The molecule has 0 heterocycles. The van der Waals surface area contributed by atoms with Crippen molar-refractivity contribution in [3.05, 3.63) is 30.1 Å². The standard InChI is InChI=1S/C11H11FN2O5/c12-6-1-3-7(4-2-6)13-11(19)14-8(10(17)18)5-9(15)16/h1-4,8H,5H2,(H,15,16)(H,17,18)(H2,13,14,19). The highest BCUT2D eigenvalue weighted by molar-refractivity contribution is 5.93. The molecule has 0 aliphatic rings. The van der Waals surface area contributed by atoms with Crippen LogP contribution in [0, 0.1) is 5.82 Å². The molecule has 0 saturated heterocycles. The molecule has 0 saturated carbocycles. The van der Waals surface area contributed by atoms with E-state index in [-0.39, 0.29) is 5.69 Å². The molecule has 102 valence electrons. The zero-order valence-electron chi connectivity index (χ0n) is 9.59. The summed E-state index contributed by atoms with van der Waals surface area (Å²) in [6.07, 6.45) is -0.744. The van der Waals surface area contributed by atoms with Crippen LogP contribution in [0.4, 0.5) is 14.9 Å². The Morgan fingerprint density at radius 1 is 1.16 bits per heavy atom. The van der Waals surface area contributed by atoms with Crippen LogP contribution in [0.3, 0.4) is 0 Å². The number of carbonyl (C=O) groups excluding carboxylic acids is 1. The molecule has 0 radical (unpaired) electrons. The van der Waals surface area contributed by atoms with E-state index >= 15 is 0 Å². The lowest BCUT2D eigenvalue weighted by Crippen LogP contribution is -2.44. The molecule has 1 aromatic rings. The van der Waals surface area contributed by atoms with Crippen molar-refractivity contribution < 1.29 is 29.0 Å². The van der Waals surface area contributed by atoms with Crippen molar-refractivity contribution in [2.75, 3.05) is 5.32 Å². The summed E-state index contributed by atoms with van der Waals surface area (Å²) in [5, 5.41) is 21.4. The molecule has 0 spiro atoms. The zero-order valence-corrected chi connectivity index (χ0v) is 9.59. The van der Waals surface area contributed by atoms with Gasteiger partial charge in [0.1, 0.15) is 11.9 Å². The van der Waals surface area contributed by atoms with Gasteiger partial charge in [-0.25, -0.2) is 14.0 Å². The summed E-state index contributed by atoms with van der Waals surface area (Å²) in [5.41, 5.74) is 0.248. The normalized spacial score (nSPS) is 11.4. The quantitative estimate of drug-likeness (QED) is 0.633. The topological polar surface area (TPSA) is 116 Å². The minimum Gasteiger partial charge on any atom is -0.481 e. The number of rotatable bonds is 5. The van der Waals surface area contributed by atoms with E-state index in [4.69, 9.17) is 10.2 Å². The smallest absolute Gasteiger partial charge is 0.326 e. The second kappa shape index (κ2) is 6.34. The first-order valence-corrected chi connectivity index (χ1v) is 5.16. The van der Waals surface area contributed by atoms with Crippen LogP contribution in [0.2, 0.25) is 0 Å². The molecule has 0 aliphatic carbocycles. The SMILES string of the molecule is O=C(O)CC(NC(=O)Nc1ccc(F)cc1)C(=O)O. The lowest BCUT2D eigenvalue weighted by Gasteiger charge is -2.13. The van der Waals surface area contributed by atoms with Crippen LogP contribution >= 0.6 is 0 Å². The molecule has 4 N–H and O–H groups in total. The van der Waals surface area contributed by atoms with Crippen molar-refractivity contribution in [3.8, 4) is 0 Å². The van der Waals surface area contributed by atoms with Crippen molar-refractivity contribution in [1.29, 1.82) is 0 Å². The third-order valence-electron chi connectivity index (χ3n) is 2.08. The summed E-state index contributed by atoms with van der Waals surface area (Å²) in [6, 6.07) is 2.35. The average molecular weight is 270 g/mol. The maximum absolute atomic E-state index is 12.6. The molecule has 0 aliphatic heterocycles. The third-order valence-corrected chi connectivity index (χ3v) is 2.08. The Kier molecular flexibility index (Phi) is 4.81. The number of halogens is 1. The van der Waals surface area contributed by atoms with Gasteiger partial charge in [0.25, 0.3) is 0 Å². The van der Waals surface area contributed by atoms with Gasteiger partial charge >= 0.3 is 18.0 Å². The van der Waals surface area contributed by atoms with Crippen LogP contribution in [-0.2, 0) is 9.59 Å². The van der Waals surface area contributed by atoms with Crippen LogP contribution in [0.1, 0.15) is 6.42 Å². The molecule has 19 heavy (non-hydrogen) atoms. The summed E-state index contributed by atoms with van der Waals surface area (Å²) in [7, 11) is 0. The Morgan fingerprint density at radius 2 is 1.74 bits per heavy atom. The van der Waals surface area contributed by atoms with Gasteiger partial charge in [0.2, 0.25) is 0 Å². The molecule has 1 unspecified atom stereocenters. The Morgan fingerprint density at radius 3 is 2.21 bits per heavy atom. The number of nitrogens with one attached hydrogen (secondary N) is 2. The summed E-state index contributed by atoms with van der Waals surface area (Å²) in [4.78, 5) is 32.5. The van der Waals surface area contributed by atoms with Crippen molar-refractivity contribution in [3.63, 3.8) is 0 Å². The first-order valence-electron chi connectivity index (χ1n) is 5.16. The predicted molar refractivity (Wildman–Crippen MR) is 62.2 cm³/mol. The van der Waals surface area contributed by atoms with Crippen LogP contribution in [0.5, 0.6) is 0 Å². The summed E-state index contributed by atoms with van der Waals surface area (Å²) < 4.78 is 12.6. The highest BCUT2D eigenvalue weighted by atomic mass is 19.1. The Labute approximate surface area is 107 Å². The number of benzene rings is 1. The molecule has 2 amide bonds. The fraction of sp³-hybridized carbons (Fsp3) is 0.182. The molecule has 0 aromatic heterocycles. The Bertz CT molecular complexity index is 488. The number of aliphatic carboxylic acids is 2. The van der Waals surface area contributed by atoms with Crippen LogP contribution in [0.25, 0.3) is 0 Å². The molecule has 1 aromatic carbocycles. The van der Waals surface area contributed by atoms with Gasteiger partial charge < -0.3 is 20.8 Å². The summed E-state index contributed by atoms with van der Waals surface area (Å²) in [5.74, 6) is -3.30. The molecule has 1 atom stereocenters. The maximum atomic E-state index is 12.6. The van der Waals surface area contributed by atoms with E-state index in [0.717, 1.165) is 12.1 Å². The van der Waals surface area contributed by atoms with Crippen molar-refractivity contribution in [2.45, 2.75) is 12.5 Å². The van der Waals surface area contributed by atoms with Crippen molar-refractivity contribution >= 4 is 23.7 Å². The van der Waals surface area contributed by atoms with Gasteiger partial charge in [-0.2, -0.15) is 0 Å². The van der Waals surface area contributed by atoms with Crippen LogP contribution in [-0.4, -0.2) is 34.2 Å². The van der Waals surface area contributed by atoms with Crippen LogP contribution in [0.15, 0.2) is 24.3 Å². The minimum atomic E-state index is -1.54. The van der Waals surface area contributed by atoms with E-state index in [2.05, 4.69) is 5.32 Å². The molecule has 8 heteroatoms. The van der Waals surface area contributed by atoms with Gasteiger partial charge in [-0.15, -0.1) is 0 Å². The fourth-order valence-electron chi connectivity index (χ4n) is 1.23. The number of hydrogen-bond acceptors (Lipinski definition) is 3. The molecular weight excluding hydrogens is 259 g/mol. The number of urea groups is 1. The number of carboxylic acids is 2. The van der Waals surface area contributed by atoms with Crippen molar-refractivity contribution in [2.24, 2.45) is 0 Å². The highest BCUT2D eigenvalue weighted by Gasteiger charge is 2.22. The zero-order chi connectivity index (χ0) is 14.4. The maximum Gasteiger partial charge on any atom is 0.326 e. The van der Waals surface area contributed by atoms with E-state index in [1.165, 1.54) is 12.1 Å². The Hall–Kier alpha value is -2.64. The first-order chi connectivity index (χ1) is 8.88. The van der Waals surface area contributed by atoms with Gasteiger partial charge in [-0.3, -0.25) is 4.79 Å². The summed E-state index contributed by atoms with van der Waals surface area (Å²) >= 11 is 0. The monoisotopic (exact) mass is 270 g/mol. The van der Waals surface area contributed by atoms with Crippen LogP contribution < -0.4 is 10.6 Å². The second-order valence-electron chi connectivity index (χ2n) is 3.59. The lowest BCUT2D eigenvalue weighted by molar-refractivity contribution is -0.145. The van der Waals surface area contributed by atoms with E-state index in [0.29, 0.717) is 0 Å². The number of carbonyl (C=O) groups is 3. The third kappa shape index (κ3) is 5.02. The van der Waals surface area contributed by atoms with Gasteiger partial charge in [-0.05, 0) is 24.3 Å². The number of carboxylic acid groups (broad SMARTS) is 2. The van der Waals surface area contributed by atoms with Gasteiger partial charge in [0.15, 0.2) is 0 Å². The van der Waals surface area contributed by atoms with Gasteiger partial charge in [0.05, 0.1) is 6.42 Å². The number of anilines is 1. The minimum absolute atomic E-state index is 0.248. The molecule has 0 bridgehead atoms. The number of amides is 2. The van der Waals surface area contributed by atoms with Crippen molar-refractivity contribution in [1.82, 2.24) is 5.32 Å². The number of hydrogen-bond donors (Lipinski definition) is 4. The fourth-order valence-corrected chi connectivity index (χ4v) is 1.23. The molecule has 1 rings (SSSR count). The Balaban J connectivity index is 2.59. The highest BCUT2D eigenvalue weighted by Crippen LogP contribution is 2.08. The molecule has 7 nitrogen and oxygen atoms in total. The lowest BCUT2D eigenvalue weighted by atomic mass is 10.2.